The van der Waals surface area contributed by atoms with Crippen molar-refractivity contribution in [2.24, 2.45) is 0 Å². The molecule has 0 aliphatic carbocycles. The summed E-state index contributed by atoms with van der Waals surface area (Å²) in [4.78, 5) is 28.4. The Labute approximate surface area is 190 Å². The predicted octanol–water partition coefficient (Wildman–Crippen LogP) is 5.75. The summed E-state index contributed by atoms with van der Waals surface area (Å²) in [6.07, 6.45) is 4.74. The first kappa shape index (κ1) is 21.4. The smallest absolute Gasteiger partial charge is 0.265 e. The molecule has 0 radical (unpaired) electrons. The van der Waals surface area contributed by atoms with Gasteiger partial charge in [0.05, 0.1) is 38.3 Å². The van der Waals surface area contributed by atoms with Crippen molar-refractivity contribution >= 4 is 45.9 Å². The molecular formula is C24H21Cl2N3O2. The van der Waals surface area contributed by atoms with Gasteiger partial charge < -0.3 is 4.90 Å². The van der Waals surface area contributed by atoms with E-state index in [4.69, 9.17) is 23.2 Å². The zero-order valence-corrected chi connectivity index (χ0v) is 18.8. The molecule has 0 bridgehead atoms. The number of hydrogen-bond acceptors (Lipinski definition) is 3. The average Bonchev–Trinajstić information content (AvgIpc) is 3.11. The van der Waals surface area contributed by atoms with Crippen molar-refractivity contribution in [2.45, 2.75) is 33.1 Å². The fraction of sp³-hybridized carbons (Fsp3) is 0.292. The molecule has 4 rings (SSSR count). The van der Waals surface area contributed by atoms with Crippen molar-refractivity contribution in [1.82, 2.24) is 9.47 Å². The van der Waals surface area contributed by atoms with Gasteiger partial charge in [0.25, 0.3) is 11.8 Å². The van der Waals surface area contributed by atoms with Crippen LogP contribution in [-0.4, -0.2) is 34.4 Å². The largest absolute Gasteiger partial charge is 0.339 e. The second-order valence-corrected chi connectivity index (χ2v) is 8.71. The van der Waals surface area contributed by atoms with Crippen LogP contribution < -0.4 is 0 Å². The Balaban J connectivity index is 1.83. The Morgan fingerprint density at radius 2 is 1.71 bits per heavy atom. The second kappa shape index (κ2) is 8.37. The number of nitrogens with zero attached hydrogens (tertiary/aromatic N) is 3. The molecule has 5 nitrogen and oxygen atoms in total. The lowest BCUT2D eigenvalue weighted by Gasteiger charge is -2.27. The van der Waals surface area contributed by atoms with E-state index >= 15 is 0 Å². The molecule has 1 amide bonds. The maximum absolute atomic E-state index is 13.6. The number of benzene rings is 2. The van der Waals surface area contributed by atoms with E-state index in [1.165, 1.54) is 4.57 Å². The van der Waals surface area contributed by atoms with Gasteiger partial charge in [0.15, 0.2) is 0 Å². The van der Waals surface area contributed by atoms with Crippen LogP contribution in [0.1, 0.15) is 56.7 Å². The molecule has 0 N–H and O–H groups in total. The van der Waals surface area contributed by atoms with Crippen LogP contribution in [0.4, 0.5) is 0 Å². The Hall–Kier alpha value is -2.81. The minimum absolute atomic E-state index is 0.0684. The molecule has 2 aromatic carbocycles. The van der Waals surface area contributed by atoms with Gasteiger partial charge in [-0.1, -0.05) is 23.2 Å². The number of carbonyl (C=O) groups is 2. The molecule has 0 unspecified atom stereocenters. The van der Waals surface area contributed by atoms with Crippen LogP contribution in [0.3, 0.4) is 0 Å². The van der Waals surface area contributed by atoms with Crippen LogP contribution in [-0.2, 0) is 0 Å². The van der Waals surface area contributed by atoms with Crippen LogP contribution in [0, 0.1) is 25.2 Å². The molecule has 1 saturated heterocycles. The second-order valence-electron chi connectivity index (χ2n) is 7.93. The van der Waals surface area contributed by atoms with Gasteiger partial charge in [-0.25, -0.2) is 0 Å². The average molecular weight is 454 g/mol. The Morgan fingerprint density at radius 1 is 1.00 bits per heavy atom. The maximum atomic E-state index is 13.6. The lowest BCUT2D eigenvalue weighted by atomic mass is 10.0. The number of nitriles is 1. The summed E-state index contributed by atoms with van der Waals surface area (Å²) >= 11 is 13.0. The summed E-state index contributed by atoms with van der Waals surface area (Å²) in [6.45, 7) is 5.10. The molecular weight excluding hydrogens is 433 g/mol. The van der Waals surface area contributed by atoms with Gasteiger partial charge in [-0.3, -0.25) is 14.2 Å². The van der Waals surface area contributed by atoms with Crippen molar-refractivity contribution in [3.05, 3.63) is 68.3 Å². The third kappa shape index (κ3) is 3.71. The number of aryl methyl sites for hydroxylation is 2. The number of likely N-dealkylation sites (tertiary alicyclic amines) is 1. The summed E-state index contributed by atoms with van der Waals surface area (Å²) < 4.78 is 1.50. The number of rotatable bonds is 2. The Morgan fingerprint density at radius 3 is 2.39 bits per heavy atom. The van der Waals surface area contributed by atoms with E-state index < -0.39 is 5.91 Å². The molecule has 2 heterocycles. The zero-order chi connectivity index (χ0) is 22.3. The fourth-order valence-electron chi connectivity index (χ4n) is 4.25. The van der Waals surface area contributed by atoms with Crippen molar-refractivity contribution in [2.75, 3.05) is 13.1 Å². The molecule has 1 fully saturated rings. The summed E-state index contributed by atoms with van der Waals surface area (Å²) in [6, 6.07) is 8.79. The number of carbonyl (C=O) groups excluding carboxylic acids is 2. The van der Waals surface area contributed by atoms with E-state index in [2.05, 4.69) is 6.07 Å². The van der Waals surface area contributed by atoms with Crippen molar-refractivity contribution in [3.63, 3.8) is 0 Å². The number of aromatic nitrogens is 1. The number of hydrogen-bond donors (Lipinski definition) is 0. The highest BCUT2D eigenvalue weighted by atomic mass is 35.5. The van der Waals surface area contributed by atoms with Gasteiger partial charge in [-0.15, -0.1) is 0 Å². The summed E-state index contributed by atoms with van der Waals surface area (Å²) in [5.74, 6) is -0.590. The molecule has 158 valence electrons. The first-order chi connectivity index (χ1) is 14.8. The van der Waals surface area contributed by atoms with E-state index in [0.29, 0.717) is 24.2 Å². The van der Waals surface area contributed by atoms with Gasteiger partial charge in [-0.05, 0) is 68.5 Å². The van der Waals surface area contributed by atoms with Crippen LogP contribution in [0.2, 0.25) is 10.0 Å². The maximum Gasteiger partial charge on any atom is 0.265 e. The van der Waals surface area contributed by atoms with Crippen LogP contribution in [0.25, 0.3) is 10.9 Å². The van der Waals surface area contributed by atoms with Gasteiger partial charge >= 0.3 is 0 Å². The van der Waals surface area contributed by atoms with Crippen LogP contribution in [0.5, 0.6) is 0 Å². The SMILES string of the molecule is Cc1cn(C(=O)c2c(Cl)ccc(C(=O)N3CCCCC3)c2Cl)c2c(C)cc(C#N)cc12. The first-order valence-electron chi connectivity index (χ1n) is 10.2. The zero-order valence-electron chi connectivity index (χ0n) is 17.3. The van der Waals surface area contributed by atoms with E-state index in [1.54, 1.807) is 35.4 Å². The normalized spacial score (nSPS) is 14.0. The first-order valence-corrected chi connectivity index (χ1v) is 10.9. The molecule has 7 heteroatoms. The van der Waals surface area contributed by atoms with Crippen LogP contribution in [0.15, 0.2) is 30.5 Å². The third-order valence-corrected chi connectivity index (χ3v) is 6.52. The number of piperidine rings is 1. The van der Waals surface area contributed by atoms with E-state index in [9.17, 15) is 14.9 Å². The van der Waals surface area contributed by atoms with Gasteiger partial charge in [0.1, 0.15) is 0 Å². The van der Waals surface area contributed by atoms with Crippen molar-refractivity contribution < 1.29 is 9.59 Å². The molecule has 31 heavy (non-hydrogen) atoms. The minimum Gasteiger partial charge on any atom is -0.339 e. The summed E-state index contributed by atoms with van der Waals surface area (Å²) in [5.41, 5.74) is 3.27. The lowest BCUT2D eigenvalue weighted by Crippen LogP contribution is -2.36. The topological polar surface area (TPSA) is 66.1 Å². The number of amides is 1. The highest BCUT2D eigenvalue weighted by Gasteiger charge is 2.27. The van der Waals surface area contributed by atoms with Gasteiger partial charge in [0.2, 0.25) is 0 Å². The molecule has 1 aromatic heterocycles. The lowest BCUT2D eigenvalue weighted by molar-refractivity contribution is 0.0724. The monoisotopic (exact) mass is 453 g/mol. The summed E-state index contributed by atoms with van der Waals surface area (Å²) in [7, 11) is 0. The highest BCUT2D eigenvalue weighted by molar-refractivity contribution is 6.41. The molecule has 0 saturated carbocycles. The minimum atomic E-state index is -0.408. The Kier molecular flexibility index (Phi) is 5.79. The fourth-order valence-corrected chi connectivity index (χ4v) is 4.87. The van der Waals surface area contributed by atoms with E-state index in [1.807, 2.05) is 13.8 Å². The van der Waals surface area contributed by atoms with E-state index in [-0.39, 0.29) is 27.1 Å². The van der Waals surface area contributed by atoms with Crippen LogP contribution >= 0.6 is 23.2 Å². The van der Waals surface area contributed by atoms with E-state index in [0.717, 1.165) is 35.8 Å². The Bertz CT molecular complexity index is 1260. The predicted molar refractivity (Wildman–Crippen MR) is 122 cm³/mol. The van der Waals surface area contributed by atoms with Gasteiger partial charge in [-0.2, -0.15) is 5.26 Å². The standard InChI is InChI=1S/C24H21Cl2N3O2/c1-14-10-16(12-27)11-18-15(2)13-29(22(14)18)24(31)20-19(25)7-6-17(21(20)26)23(30)28-8-4-3-5-9-28/h6-7,10-11,13H,3-5,8-9H2,1-2H3. The summed E-state index contributed by atoms with van der Waals surface area (Å²) in [5, 5.41) is 10.4. The van der Waals surface area contributed by atoms with Crippen molar-refractivity contribution in [1.29, 1.82) is 5.26 Å². The quantitative estimate of drug-likeness (QED) is 0.495. The van der Waals surface area contributed by atoms with Gasteiger partial charge in [0, 0.05) is 24.7 Å². The number of fused-ring (bicyclic) bond motifs is 1. The molecule has 0 atom stereocenters. The van der Waals surface area contributed by atoms with Crippen molar-refractivity contribution in [3.8, 4) is 6.07 Å². The molecule has 1 aliphatic heterocycles. The molecule has 3 aromatic rings. The molecule has 1 aliphatic rings. The third-order valence-electron chi connectivity index (χ3n) is 5.82. The highest BCUT2D eigenvalue weighted by Crippen LogP contribution is 2.33. The molecule has 0 spiro atoms. The number of halogens is 2.